The molecule has 2 nitrogen and oxygen atoms in total. The topological polar surface area (TPSA) is 24.7 Å². The predicted octanol–water partition coefficient (Wildman–Crippen LogP) is 8.89. The lowest BCUT2D eigenvalue weighted by atomic mass is 10.0. The second kappa shape index (κ2) is 9.78. The minimum Gasteiger partial charge on any atom is -0.150 e. The minimum atomic E-state index is 0.929. The standard InChI is InChI=1S/C20H23IN2S2/c1-2-3-4-5-6-7-8-15-9-11-16(12-10-15)22-23-20-14-18-17(25-20)13-19(21)24-18/h9-14H,2-8H2,1H3. The quantitative estimate of drug-likeness (QED) is 0.165. The summed E-state index contributed by atoms with van der Waals surface area (Å²) in [6.45, 7) is 2.26. The number of halogens is 1. The molecule has 132 valence electrons. The Hall–Kier alpha value is -0.790. The molecule has 0 fully saturated rings. The van der Waals surface area contributed by atoms with Crippen LogP contribution in [0.2, 0.25) is 0 Å². The van der Waals surface area contributed by atoms with Gasteiger partial charge in [-0.1, -0.05) is 51.2 Å². The Morgan fingerprint density at radius 1 is 0.840 bits per heavy atom. The fourth-order valence-electron chi connectivity index (χ4n) is 2.79. The number of benzene rings is 1. The number of hydrogen-bond donors (Lipinski definition) is 0. The van der Waals surface area contributed by atoms with Crippen molar-refractivity contribution in [3.63, 3.8) is 0 Å². The third-order valence-corrected chi connectivity index (χ3v) is 7.12. The molecule has 25 heavy (non-hydrogen) atoms. The number of thiophene rings is 2. The summed E-state index contributed by atoms with van der Waals surface area (Å²) < 4.78 is 3.93. The van der Waals surface area contributed by atoms with Crippen LogP contribution in [0.1, 0.15) is 51.0 Å². The summed E-state index contributed by atoms with van der Waals surface area (Å²) in [5, 5.41) is 9.76. The molecular formula is C20H23IN2S2. The van der Waals surface area contributed by atoms with Crippen LogP contribution in [0.25, 0.3) is 9.40 Å². The van der Waals surface area contributed by atoms with E-state index in [1.54, 1.807) is 22.7 Å². The number of rotatable bonds is 9. The molecule has 0 aliphatic rings. The molecule has 0 saturated carbocycles. The van der Waals surface area contributed by atoms with Crippen molar-refractivity contribution in [2.75, 3.05) is 0 Å². The summed E-state index contributed by atoms with van der Waals surface area (Å²) >= 11 is 5.87. The highest BCUT2D eigenvalue weighted by Crippen LogP contribution is 2.38. The molecule has 2 heterocycles. The SMILES string of the molecule is CCCCCCCCc1ccc(N=Nc2cc3sc(I)cc3s2)cc1. The normalized spacial score (nSPS) is 11.8. The van der Waals surface area contributed by atoms with Gasteiger partial charge in [-0.3, -0.25) is 0 Å². The van der Waals surface area contributed by atoms with E-state index in [0.717, 1.165) is 10.7 Å². The maximum atomic E-state index is 4.40. The van der Waals surface area contributed by atoms with Crippen molar-refractivity contribution in [2.24, 2.45) is 10.2 Å². The Morgan fingerprint density at radius 2 is 1.56 bits per heavy atom. The monoisotopic (exact) mass is 482 g/mol. The molecule has 0 saturated heterocycles. The van der Waals surface area contributed by atoms with E-state index < -0.39 is 0 Å². The van der Waals surface area contributed by atoms with E-state index in [0.29, 0.717) is 0 Å². The first kappa shape index (κ1) is 19.0. The van der Waals surface area contributed by atoms with Gasteiger partial charge in [0.1, 0.15) is 5.00 Å². The number of nitrogens with zero attached hydrogens (tertiary/aromatic N) is 2. The summed E-state index contributed by atoms with van der Waals surface area (Å²) in [7, 11) is 0. The van der Waals surface area contributed by atoms with Crippen LogP contribution in [0, 0.1) is 2.88 Å². The molecule has 0 spiro atoms. The van der Waals surface area contributed by atoms with Crippen LogP contribution in [-0.2, 0) is 6.42 Å². The van der Waals surface area contributed by atoms with E-state index in [1.807, 2.05) is 0 Å². The van der Waals surface area contributed by atoms with E-state index in [-0.39, 0.29) is 0 Å². The third kappa shape index (κ3) is 5.86. The zero-order chi connectivity index (χ0) is 17.5. The average molecular weight is 482 g/mol. The fourth-order valence-corrected chi connectivity index (χ4v) is 5.96. The van der Waals surface area contributed by atoms with Crippen LogP contribution < -0.4 is 0 Å². The number of aryl methyl sites for hydroxylation is 1. The molecule has 5 heteroatoms. The average Bonchev–Trinajstić information content (AvgIpc) is 3.14. The summed E-state index contributed by atoms with van der Waals surface area (Å²) in [5.74, 6) is 0. The summed E-state index contributed by atoms with van der Waals surface area (Å²) in [6, 6.07) is 12.9. The van der Waals surface area contributed by atoms with E-state index in [2.05, 4.69) is 76.1 Å². The van der Waals surface area contributed by atoms with Gasteiger partial charge in [0.2, 0.25) is 0 Å². The fraction of sp³-hybridized carbons (Fsp3) is 0.400. The second-order valence-corrected chi connectivity index (χ2v) is 10.3. The Labute approximate surface area is 171 Å². The van der Waals surface area contributed by atoms with Crippen molar-refractivity contribution in [3.8, 4) is 0 Å². The van der Waals surface area contributed by atoms with Crippen LogP contribution >= 0.6 is 45.3 Å². The molecule has 0 aliphatic carbocycles. The summed E-state index contributed by atoms with van der Waals surface area (Å²) in [6.07, 6.45) is 9.25. The largest absolute Gasteiger partial charge is 0.150 e. The van der Waals surface area contributed by atoms with Gasteiger partial charge in [0.05, 0.1) is 8.57 Å². The molecular weight excluding hydrogens is 459 g/mol. The molecule has 3 aromatic rings. The van der Waals surface area contributed by atoms with Gasteiger partial charge in [-0.2, -0.15) is 0 Å². The van der Waals surface area contributed by atoms with E-state index in [1.165, 1.54) is 62.8 Å². The van der Waals surface area contributed by atoms with Gasteiger partial charge in [-0.05, 0) is 65.3 Å². The Kier molecular flexibility index (Phi) is 7.43. The van der Waals surface area contributed by atoms with Crippen molar-refractivity contribution in [1.82, 2.24) is 0 Å². The van der Waals surface area contributed by atoms with Crippen molar-refractivity contribution < 1.29 is 0 Å². The Bertz CT molecular complexity index is 786. The molecule has 0 radical (unpaired) electrons. The Morgan fingerprint density at radius 3 is 2.32 bits per heavy atom. The molecule has 2 aromatic heterocycles. The lowest BCUT2D eigenvalue weighted by Gasteiger charge is -2.02. The molecule has 0 amide bonds. The number of hydrogen-bond acceptors (Lipinski definition) is 4. The molecule has 3 rings (SSSR count). The van der Waals surface area contributed by atoms with Gasteiger partial charge >= 0.3 is 0 Å². The van der Waals surface area contributed by atoms with Crippen molar-refractivity contribution in [2.45, 2.75) is 51.9 Å². The van der Waals surface area contributed by atoms with Crippen molar-refractivity contribution >= 4 is 65.4 Å². The molecule has 1 aromatic carbocycles. The molecule has 0 N–H and O–H groups in total. The number of azo groups is 1. The van der Waals surface area contributed by atoms with Crippen LogP contribution in [0.15, 0.2) is 46.6 Å². The maximum Gasteiger partial charge on any atom is 0.140 e. The third-order valence-electron chi connectivity index (χ3n) is 4.18. The summed E-state index contributed by atoms with van der Waals surface area (Å²) in [4.78, 5) is 0. The molecule has 0 unspecified atom stereocenters. The van der Waals surface area contributed by atoms with Crippen molar-refractivity contribution in [3.05, 3.63) is 44.8 Å². The maximum absolute atomic E-state index is 4.40. The van der Waals surface area contributed by atoms with Gasteiger partial charge in [0.25, 0.3) is 0 Å². The van der Waals surface area contributed by atoms with E-state index >= 15 is 0 Å². The van der Waals surface area contributed by atoms with Gasteiger partial charge < -0.3 is 0 Å². The Balaban J connectivity index is 1.49. The highest BCUT2D eigenvalue weighted by atomic mass is 127. The number of unbranched alkanes of at least 4 members (excludes halogenated alkanes) is 5. The van der Waals surface area contributed by atoms with Gasteiger partial charge in [0.15, 0.2) is 0 Å². The van der Waals surface area contributed by atoms with Gasteiger partial charge in [-0.25, -0.2) is 0 Å². The van der Waals surface area contributed by atoms with Crippen LogP contribution in [0.4, 0.5) is 10.7 Å². The predicted molar refractivity (Wildman–Crippen MR) is 120 cm³/mol. The lowest BCUT2D eigenvalue weighted by Crippen LogP contribution is -1.85. The summed E-state index contributed by atoms with van der Waals surface area (Å²) in [5.41, 5.74) is 2.33. The minimum absolute atomic E-state index is 0.929. The van der Waals surface area contributed by atoms with Crippen LogP contribution in [0.5, 0.6) is 0 Å². The highest BCUT2D eigenvalue weighted by molar-refractivity contribution is 14.1. The van der Waals surface area contributed by atoms with Crippen LogP contribution in [-0.4, -0.2) is 0 Å². The first-order chi connectivity index (χ1) is 12.2. The molecule has 0 bridgehead atoms. The zero-order valence-corrected chi connectivity index (χ0v) is 18.3. The first-order valence-electron chi connectivity index (χ1n) is 8.94. The zero-order valence-electron chi connectivity index (χ0n) is 14.5. The smallest absolute Gasteiger partial charge is 0.140 e. The first-order valence-corrected chi connectivity index (χ1v) is 11.7. The number of fused-ring (bicyclic) bond motifs is 1. The van der Waals surface area contributed by atoms with Gasteiger partial charge in [0, 0.05) is 9.40 Å². The molecule has 0 atom stereocenters. The van der Waals surface area contributed by atoms with E-state index in [9.17, 15) is 0 Å². The van der Waals surface area contributed by atoms with Crippen molar-refractivity contribution in [1.29, 1.82) is 0 Å². The second-order valence-electron chi connectivity index (χ2n) is 6.25. The molecule has 0 aliphatic heterocycles. The lowest BCUT2D eigenvalue weighted by molar-refractivity contribution is 0.607. The highest BCUT2D eigenvalue weighted by Gasteiger charge is 2.04. The van der Waals surface area contributed by atoms with Gasteiger partial charge in [-0.15, -0.1) is 32.9 Å². The van der Waals surface area contributed by atoms with Crippen LogP contribution in [0.3, 0.4) is 0 Å². The van der Waals surface area contributed by atoms with E-state index in [4.69, 9.17) is 0 Å².